The van der Waals surface area contributed by atoms with Gasteiger partial charge in [0.05, 0.1) is 0 Å². The monoisotopic (exact) mass is 273 g/mol. The molecule has 2 atom stereocenters. The van der Waals surface area contributed by atoms with Crippen molar-refractivity contribution in [2.75, 3.05) is 6.54 Å². The van der Waals surface area contributed by atoms with Crippen LogP contribution in [0.3, 0.4) is 0 Å². The smallest absolute Gasteiger partial charge is 0.126 e. The molecule has 0 radical (unpaired) electrons. The molecule has 1 nitrogen and oxygen atoms in total. The summed E-state index contributed by atoms with van der Waals surface area (Å²) < 4.78 is 26.7. The molecule has 104 valence electrons. The molecule has 0 aliphatic carbocycles. The molecule has 1 saturated heterocycles. The lowest BCUT2D eigenvalue weighted by Crippen LogP contribution is -2.28. The highest BCUT2D eigenvalue weighted by molar-refractivity contribution is 5.26. The molecule has 1 N–H and O–H groups in total. The Bertz CT molecular complexity index is 563. The number of hydrogen-bond donors (Lipinski definition) is 1. The summed E-state index contributed by atoms with van der Waals surface area (Å²) in [5.41, 5.74) is 2.00. The summed E-state index contributed by atoms with van der Waals surface area (Å²) in [4.78, 5) is 0. The normalized spacial score (nSPS) is 22.1. The van der Waals surface area contributed by atoms with Gasteiger partial charge in [-0.1, -0.05) is 30.3 Å². The Balaban J connectivity index is 1.81. The van der Waals surface area contributed by atoms with Gasteiger partial charge in [-0.15, -0.1) is 0 Å². The lowest BCUT2D eigenvalue weighted by atomic mass is 9.88. The highest BCUT2D eigenvalue weighted by atomic mass is 19.1. The van der Waals surface area contributed by atoms with E-state index in [2.05, 4.69) is 17.4 Å². The average molecular weight is 273 g/mol. The van der Waals surface area contributed by atoms with E-state index in [1.807, 2.05) is 18.2 Å². The average Bonchev–Trinajstić information content (AvgIpc) is 2.87. The summed E-state index contributed by atoms with van der Waals surface area (Å²) in [6.45, 7) is 0.889. The van der Waals surface area contributed by atoms with Crippen molar-refractivity contribution in [3.05, 3.63) is 71.3 Å². The fourth-order valence-corrected chi connectivity index (χ4v) is 3.04. The molecular weight excluding hydrogens is 256 g/mol. The number of nitrogens with one attached hydrogen (secondary N) is 1. The standard InChI is InChI=1S/C17H17F2N/c18-14-9-13(10-15(19)11-14)16-6-7-20-17(16)8-12-4-2-1-3-5-12/h1-5,9-11,16-17,20H,6-8H2. The topological polar surface area (TPSA) is 12.0 Å². The van der Waals surface area contributed by atoms with E-state index in [0.717, 1.165) is 31.0 Å². The highest BCUT2D eigenvalue weighted by Gasteiger charge is 2.28. The van der Waals surface area contributed by atoms with Crippen LogP contribution in [0.15, 0.2) is 48.5 Å². The van der Waals surface area contributed by atoms with Crippen molar-refractivity contribution in [3.63, 3.8) is 0 Å². The molecule has 3 heteroatoms. The van der Waals surface area contributed by atoms with Gasteiger partial charge in [0.15, 0.2) is 0 Å². The minimum Gasteiger partial charge on any atom is -0.313 e. The van der Waals surface area contributed by atoms with Crippen LogP contribution in [0.4, 0.5) is 8.78 Å². The summed E-state index contributed by atoms with van der Waals surface area (Å²) in [6.07, 6.45) is 1.80. The first-order valence-electron chi connectivity index (χ1n) is 6.95. The molecule has 20 heavy (non-hydrogen) atoms. The molecule has 1 aliphatic rings. The van der Waals surface area contributed by atoms with Crippen molar-refractivity contribution >= 4 is 0 Å². The van der Waals surface area contributed by atoms with E-state index < -0.39 is 11.6 Å². The molecule has 2 aromatic rings. The van der Waals surface area contributed by atoms with Gasteiger partial charge >= 0.3 is 0 Å². The minimum atomic E-state index is -0.495. The number of rotatable bonds is 3. The third-order valence-corrected chi connectivity index (χ3v) is 3.96. The molecule has 0 aromatic heterocycles. The maximum Gasteiger partial charge on any atom is 0.126 e. The summed E-state index contributed by atoms with van der Waals surface area (Å²) in [5.74, 6) is -0.823. The van der Waals surface area contributed by atoms with E-state index in [9.17, 15) is 8.78 Å². The second-order valence-corrected chi connectivity index (χ2v) is 5.35. The molecule has 2 unspecified atom stereocenters. The number of hydrogen-bond acceptors (Lipinski definition) is 1. The second kappa shape index (κ2) is 5.71. The summed E-state index contributed by atoms with van der Waals surface area (Å²) in [6, 6.07) is 14.3. The van der Waals surface area contributed by atoms with Crippen LogP contribution in [0.1, 0.15) is 23.5 Å². The van der Waals surface area contributed by atoms with E-state index in [-0.39, 0.29) is 12.0 Å². The van der Waals surface area contributed by atoms with Gasteiger partial charge in [0.1, 0.15) is 11.6 Å². The Hall–Kier alpha value is -1.74. The quantitative estimate of drug-likeness (QED) is 0.900. The summed E-state index contributed by atoms with van der Waals surface area (Å²) in [5, 5.41) is 3.45. The van der Waals surface area contributed by atoms with E-state index in [1.165, 1.54) is 17.7 Å². The fourth-order valence-electron chi connectivity index (χ4n) is 3.04. The zero-order valence-electron chi connectivity index (χ0n) is 11.2. The van der Waals surface area contributed by atoms with Crippen LogP contribution in [-0.2, 0) is 6.42 Å². The first-order valence-corrected chi connectivity index (χ1v) is 6.95. The third kappa shape index (κ3) is 2.88. The van der Waals surface area contributed by atoms with Gasteiger partial charge in [0.25, 0.3) is 0 Å². The molecule has 2 aromatic carbocycles. The Morgan fingerprint density at radius 2 is 1.70 bits per heavy atom. The Morgan fingerprint density at radius 3 is 2.40 bits per heavy atom. The molecule has 1 aliphatic heterocycles. The van der Waals surface area contributed by atoms with Gasteiger partial charge in [-0.25, -0.2) is 8.78 Å². The predicted octanol–water partition coefficient (Wildman–Crippen LogP) is 3.65. The number of benzene rings is 2. The maximum atomic E-state index is 13.4. The summed E-state index contributed by atoms with van der Waals surface area (Å²) >= 11 is 0. The lowest BCUT2D eigenvalue weighted by Gasteiger charge is -2.20. The Labute approximate surface area is 117 Å². The number of halogens is 2. The fraction of sp³-hybridized carbons (Fsp3) is 0.294. The SMILES string of the molecule is Fc1cc(F)cc(C2CCNC2Cc2ccccc2)c1. The molecule has 0 amide bonds. The van der Waals surface area contributed by atoms with Crippen molar-refractivity contribution in [1.82, 2.24) is 5.32 Å². The first-order chi connectivity index (χ1) is 9.72. The van der Waals surface area contributed by atoms with Crippen LogP contribution in [0.25, 0.3) is 0 Å². The van der Waals surface area contributed by atoms with Gasteiger partial charge in [0, 0.05) is 18.0 Å². The van der Waals surface area contributed by atoms with Crippen molar-refractivity contribution in [2.24, 2.45) is 0 Å². The van der Waals surface area contributed by atoms with Gasteiger partial charge in [0.2, 0.25) is 0 Å². The van der Waals surface area contributed by atoms with Crippen LogP contribution >= 0.6 is 0 Å². The van der Waals surface area contributed by atoms with Crippen LogP contribution in [0.5, 0.6) is 0 Å². The van der Waals surface area contributed by atoms with Crippen LogP contribution in [0.2, 0.25) is 0 Å². The molecule has 3 rings (SSSR count). The largest absolute Gasteiger partial charge is 0.313 e. The van der Waals surface area contributed by atoms with E-state index in [4.69, 9.17) is 0 Å². The van der Waals surface area contributed by atoms with E-state index >= 15 is 0 Å². The van der Waals surface area contributed by atoms with Crippen molar-refractivity contribution in [3.8, 4) is 0 Å². The zero-order chi connectivity index (χ0) is 13.9. The first kappa shape index (κ1) is 13.3. The minimum absolute atomic E-state index is 0.167. The van der Waals surface area contributed by atoms with Crippen molar-refractivity contribution in [1.29, 1.82) is 0 Å². The van der Waals surface area contributed by atoms with Gasteiger partial charge in [-0.05, 0) is 42.6 Å². The van der Waals surface area contributed by atoms with E-state index in [0.29, 0.717) is 0 Å². The molecule has 1 heterocycles. The molecule has 0 bridgehead atoms. The van der Waals surface area contributed by atoms with Crippen molar-refractivity contribution < 1.29 is 8.78 Å². The van der Waals surface area contributed by atoms with Crippen LogP contribution < -0.4 is 5.32 Å². The van der Waals surface area contributed by atoms with Gasteiger partial charge in [-0.2, -0.15) is 0 Å². The predicted molar refractivity (Wildman–Crippen MR) is 75.7 cm³/mol. The van der Waals surface area contributed by atoms with Crippen molar-refractivity contribution in [2.45, 2.75) is 24.8 Å². The van der Waals surface area contributed by atoms with Crippen LogP contribution in [0, 0.1) is 11.6 Å². The molecule has 0 spiro atoms. The van der Waals surface area contributed by atoms with E-state index in [1.54, 1.807) is 0 Å². The maximum absolute atomic E-state index is 13.4. The molecule has 1 fully saturated rings. The highest BCUT2D eigenvalue weighted by Crippen LogP contribution is 2.30. The molecule has 0 saturated carbocycles. The molecular formula is C17H17F2N. The third-order valence-electron chi connectivity index (χ3n) is 3.96. The second-order valence-electron chi connectivity index (χ2n) is 5.35. The summed E-state index contributed by atoms with van der Waals surface area (Å²) in [7, 11) is 0. The Kier molecular flexibility index (Phi) is 3.79. The lowest BCUT2D eigenvalue weighted by molar-refractivity contribution is 0.530. The van der Waals surface area contributed by atoms with Crippen LogP contribution in [-0.4, -0.2) is 12.6 Å². The van der Waals surface area contributed by atoms with Gasteiger partial charge < -0.3 is 5.32 Å². The zero-order valence-corrected chi connectivity index (χ0v) is 11.2. The Morgan fingerprint density at radius 1 is 1.00 bits per heavy atom. The van der Waals surface area contributed by atoms with Gasteiger partial charge in [-0.3, -0.25) is 0 Å².